The van der Waals surface area contributed by atoms with E-state index in [4.69, 9.17) is 13.7 Å². The highest BCUT2D eigenvalue weighted by molar-refractivity contribution is 6.60. The maximum absolute atomic E-state index is 5.96. The van der Waals surface area contributed by atoms with E-state index in [1.165, 1.54) is 0 Å². The van der Waals surface area contributed by atoms with Gasteiger partial charge in [-0.15, -0.1) is 0 Å². The first-order chi connectivity index (χ1) is 9.28. The van der Waals surface area contributed by atoms with E-state index in [0.717, 1.165) is 5.56 Å². The Balaban J connectivity index is 1.85. The van der Waals surface area contributed by atoms with E-state index >= 15 is 0 Å². The zero-order valence-corrected chi connectivity index (χ0v) is 12.5. The third-order valence-electron chi connectivity index (χ3n) is 4.04. The Hall–Kier alpha value is -1.53. The lowest BCUT2D eigenvalue weighted by Gasteiger charge is -2.32. The van der Waals surface area contributed by atoms with E-state index in [-0.39, 0.29) is 11.2 Å². The topological polar surface area (TPSA) is 49.4 Å². The average molecular weight is 274 g/mol. The Morgan fingerprint density at radius 3 is 2.30 bits per heavy atom. The summed E-state index contributed by atoms with van der Waals surface area (Å²) < 4.78 is 19.4. The van der Waals surface area contributed by atoms with E-state index in [2.05, 4.69) is 5.10 Å². The molecule has 0 radical (unpaired) electrons. The average Bonchev–Trinajstić information content (AvgIpc) is 2.98. The maximum Gasteiger partial charge on any atom is 0.532 e. The van der Waals surface area contributed by atoms with Gasteiger partial charge in [0.2, 0.25) is 5.88 Å². The molecule has 0 aliphatic carbocycles. The second-order valence-corrected chi connectivity index (χ2v) is 6.23. The Morgan fingerprint density at radius 2 is 1.75 bits per heavy atom. The van der Waals surface area contributed by atoms with Gasteiger partial charge in [0.1, 0.15) is 5.66 Å². The summed E-state index contributed by atoms with van der Waals surface area (Å²) in [6, 6.07) is 3.74. The summed E-state index contributed by atoms with van der Waals surface area (Å²) in [6.07, 6.45) is 3.70. The largest absolute Gasteiger partial charge is 0.532 e. The first kappa shape index (κ1) is 13.5. The van der Waals surface area contributed by atoms with Gasteiger partial charge < -0.3 is 13.7 Å². The maximum atomic E-state index is 5.96. The zero-order chi connectivity index (χ0) is 14.5. The van der Waals surface area contributed by atoms with Crippen molar-refractivity contribution in [2.24, 2.45) is 0 Å². The van der Waals surface area contributed by atoms with Crippen molar-refractivity contribution in [2.45, 2.75) is 45.8 Å². The number of aryl methyl sites for hydroxylation is 1. The number of hydrogen-bond acceptors (Lipinski definition) is 4. The first-order valence-corrected chi connectivity index (χ1v) is 6.75. The van der Waals surface area contributed by atoms with Gasteiger partial charge >= 0.3 is 7.12 Å². The van der Waals surface area contributed by atoms with E-state index in [0.29, 0.717) is 11.5 Å². The summed E-state index contributed by atoms with van der Waals surface area (Å²) in [4.78, 5) is 0. The van der Waals surface area contributed by atoms with Crippen molar-refractivity contribution in [1.29, 1.82) is 0 Å². The molecule has 5 nitrogen and oxygen atoms in total. The van der Waals surface area contributed by atoms with Crippen LogP contribution in [0.4, 0.5) is 0 Å². The Bertz CT molecular complexity index is 614. The molecule has 0 amide bonds. The fraction of sp³-hybridized carbons (Fsp3) is 0.500. The Labute approximate surface area is 119 Å². The van der Waals surface area contributed by atoms with Crippen molar-refractivity contribution in [3.05, 3.63) is 30.1 Å². The molecule has 0 N–H and O–H groups in total. The van der Waals surface area contributed by atoms with Crippen LogP contribution in [-0.2, 0) is 9.31 Å². The summed E-state index contributed by atoms with van der Waals surface area (Å²) in [5, 5.41) is 4.22. The van der Waals surface area contributed by atoms with Crippen molar-refractivity contribution >= 4 is 12.8 Å². The standard InChI is InChI=1S/C14H19BN2O3/c1-10-8-16-17(9-10)12-7-6-11(18-12)15-19-13(2,3)14(4,5)20-15/h6-9H,1-5H3. The molecule has 0 atom stereocenters. The van der Waals surface area contributed by atoms with Gasteiger partial charge in [-0.3, -0.25) is 0 Å². The molecule has 0 unspecified atom stereocenters. The van der Waals surface area contributed by atoms with Gasteiger partial charge in [-0.2, -0.15) is 5.10 Å². The summed E-state index contributed by atoms with van der Waals surface area (Å²) >= 11 is 0. The fourth-order valence-electron chi connectivity index (χ4n) is 2.08. The van der Waals surface area contributed by atoms with Crippen molar-refractivity contribution in [1.82, 2.24) is 9.78 Å². The highest BCUT2D eigenvalue weighted by Gasteiger charge is 2.53. The van der Waals surface area contributed by atoms with Crippen LogP contribution in [0.1, 0.15) is 33.3 Å². The summed E-state index contributed by atoms with van der Waals surface area (Å²) in [5.74, 6) is 0.655. The molecule has 3 heterocycles. The van der Waals surface area contributed by atoms with Gasteiger partial charge in [0.15, 0.2) is 0 Å². The molecule has 2 aromatic heterocycles. The Kier molecular flexibility index (Phi) is 2.85. The molecule has 0 saturated carbocycles. The summed E-state index contributed by atoms with van der Waals surface area (Å²) in [6.45, 7) is 10.1. The van der Waals surface area contributed by atoms with Crippen LogP contribution < -0.4 is 5.66 Å². The minimum absolute atomic E-state index is 0.368. The molecule has 1 saturated heterocycles. The zero-order valence-electron chi connectivity index (χ0n) is 12.5. The molecule has 1 aliphatic heterocycles. The van der Waals surface area contributed by atoms with Crippen molar-refractivity contribution in [3.63, 3.8) is 0 Å². The number of furan rings is 1. The van der Waals surface area contributed by atoms with Crippen LogP contribution in [0.15, 0.2) is 28.9 Å². The molecular formula is C14H19BN2O3. The van der Waals surface area contributed by atoms with Crippen LogP contribution in [0.5, 0.6) is 0 Å². The lowest BCUT2D eigenvalue weighted by atomic mass is 9.86. The summed E-state index contributed by atoms with van der Waals surface area (Å²) in [5.41, 5.74) is 1.00. The molecular weight excluding hydrogens is 255 g/mol. The van der Waals surface area contributed by atoms with E-state index < -0.39 is 7.12 Å². The van der Waals surface area contributed by atoms with Crippen LogP contribution in [-0.4, -0.2) is 28.1 Å². The lowest BCUT2D eigenvalue weighted by molar-refractivity contribution is 0.00578. The summed E-state index contributed by atoms with van der Waals surface area (Å²) in [7, 11) is -0.481. The van der Waals surface area contributed by atoms with Crippen LogP contribution in [0, 0.1) is 6.92 Å². The van der Waals surface area contributed by atoms with Crippen molar-refractivity contribution in [2.75, 3.05) is 0 Å². The normalized spacial score (nSPS) is 20.6. The van der Waals surface area contributed by atoms with Gasteiger partial charge in [-0.1, -0.05) is 0 Å². The van der Waals surface area contributed by atoms with Crippen molar-refractivity contribution < 1.29 is 13.7 Å². The predicted octanol–water partition coefficient (Wildman–Crippen LogP) is 2.07. The van der Waals surface area contributed by atoms with E-state index in [9.17, 15) is 0 Å². The highest BCUT2D eigenvalue weighted by atomic mass is 16.7. The third-order valence-corrected chi connectivity index (χ3v) is 4.04. The monoisotopic (exact) mass is 274 g/mol. The molecule has 0 aromatic carbocycles. The predicted molar refractivity (Wildman–Crippen MR) is 76.3 cm³/mol. The molecule has 1 fully saturated rings. The van der Waals surface area contributed by atoms with Gasteiger partial charge in [0, 0.05) is 12.3 Å². The minimum atomic E-state index is -0.481. The van der Waals surface area contributed by atoms with E-state index in [1.807, 2.05) is 52.9 Å². The molecule has 20 heavy (non-hydrogen) atoms. The van der Waals surface area contributed by atoms with Crippen LogP contribution in [0.25, 0.3) is 5.88 Å². The van der Waals surface area contributed by atoms with Crippen molar-refractivity contribution in [3.8, 4) is 5.88 Å². The number of aromatic nitrogens is 2. The van der Waals surface area contributed by atoms with Crippen LogP contribution >= 0.6 is 0 Å². The van der Waals surface area contributed by atoms with Gasteiger partial charge in [0.25, 0.3) is 0 Å². The molecule has 6 heteroatoms. The van der Waals surface area contributed by atoms with Gasteiger partial charge in [0.05, 0.1) is 17.4 Å². The van der Waals surface area contributed by atoms with Gasteiger partial charge in [-0.05, 0) is 46.2 Å². The number of hydrogen-bond donors (Lipinski definition) is 0. The molecule has 1 aliphatic rings. The Morgan fingerprint density at radius 1 is 1.10 bits per heavy atom. The molecule has 0 bridgehead atoms. The van der Waals surface area contributed by atoms with Crippen LogP contribution in [0.3, 0.4) is 0 Å². The quantitative estimate of drug-likeness (QED) is 0.787. The molecule has 3 rings (SSSR count). The number of rotatable bonds is 2. The van der Waals surface area contributed by atoms with Crippen LogP contribution in [0.2, 0.25) is 0 Å². The molecule has 106 valence electrons. The molecule has 0 spiro atoms. The second kappa shape index (κ2) is 4.23. The lowest BCUT2D eigenvalue weighted by Crippen LogP contribution is -2.41. The smallest absolute Gasteiger partial charge is 0.447 e. The highest BCUT2D eigenvalue weighted by Crippen LogP contribution is 2.36. The third kappa shape index (κ3) is 2.09. The van der Waals surface area contributed by atoms with Gasteiger partial charge in [-0.25, -0.2) is 4.68 Å². The fourth-order valence-corrected chi connectivity index (χ4v) is 2.08. The minimum Gasteiger partial charge on any atom is -0.447 e. The SMILES string of the molecule is Cc1cnn(-c2ccc(B3OC(C)(C)C(C)(C)O3)o2)c1. The first-order valence-electron chi connectivity index (χ1n) is 6.75. The number of nitrogens with zero attached hydrogens (tertiary/aromatic N) is 2. The second-order valence-electron chi connectivity index (χ2n) is 6.23. The molecule has 2 aromatic rings. The van der Waals surface area contributed by atoms with E-state index in [1.54, 1.807) is 10.9 Å².